The minimum Gasteiger partial charge on any atom is -0.443 e. The van der Waals surface area contributed by atoms with Gasteiger partial charge in [0, 0.05) is 12.7 Å². The number of rotatable bonds is 6. The average molecular weight is 431 g/mol. The number of hydrogen-bond donors (Lipinski definition) is 2. The van der Waals surface area contributed by atoms with E-state index in [1.54, 1.807) is 39.0 Å². The van der Waals surface area contributed by atoms with Crippen LogP contribution in [0.1, 0.15) is 32.9 Å². The summed E-state index contributed by atoms with van der Waals surface area (Å²) in [5.41, 5.74) is 5.74. The highest BCUT2D eigenvalue weighted by atomic mass is 32.2. The molecular weight excluding hydrogens is 404 g/mol. The molecular formula is C21H26N4O4S. The lowest BCUT2D eigenvalue weighted by Gasteiger charge is -2.19. The van der Waals surface area contributed by atoms with Gasteiger partial charge in [0.25, 0.3) is 0 Å². The number of anilines is 1. The molecule has 0 amide bonds. The van der Waals surface area contributed by atoms with Crippen LogP contribution in [-0.2, 0) is 21.2 Å². The van der Waals surface area contributed by atoms with Crippen molar-refractivity contribution in [2.24, 2.45) is 0 Å². The number of nitrogens with one attached hydrogen (secondary N) is 1. The van der Waals surface area contributed by atoms with Gasteiger partial charge in [0.1, 0.15) is 5.60 Å². The molecule has 0 unspecified atom stereocenters. The Labute approximate surface area is 176 Å². The van der Waals surface area contributed by atoms with Crippen molar-refractivity contribution in [1.82, 2.24) is 14.3 Å². The van der Waals surface area contributed by atoms with Gasteiger partial charge in [-0.05, 0) is 56.5 Å². The lowest BCUT2D eigenvalue weighted by Crippen LogP contribution is -2.27. The maximum Gasteiger partial charge on any atom is 0.421 e. The smallest absolute Gasteiger partial charge is 0.421 e. The van der Waals surface area contributed by atoms with Crippen LogP contribution in [0.15, 0.2) is 53.6 Å². The molecule has 3 N–H and O–H groups in total. The standard InChI is InChI=1S/C21H26N4O4S/c1-21(2,3)29-20(26)25-14-17(24-19(25)22)9-6-12-23-30(27,28)18-11-10-15-7-4-5-8-16(15)13-18/h4-5,7-8,10-11,13-14,23H,6,9,12H2,1-3H3,(H2,22,24). The molecule has 0 radical (unpaired) electrons. The summed E-state index contributed by atoms with van der Waals surface area (Å²) in [4.78, 5) is 16.5. The Bertz CT molecular complexity index is 1160. The van der Waals surface area contributed by atoms with Crippen molar-refractivity contribution < 1.29 is 17.9 Å². The van der Waals surface area contributed by atoms with Crippen molar-refractivity contribution in [2.75, 3.05) is 12.3 Å². The van der Waals surface area contributed by atoms with Gasteiger partial charge in [-0.3, -0.25) is 0 Å². The number of nitrogens with two attached hydrogens (primary N) is 1. The first-order valence-electron chi connectivity index (χ1n) is 9.61. The molecule has 2 aromatic carbocycles. The fourth-order valence-electron chi connectivity index (χ4n) is 2.92. The van der Waals surface area contributed by atoms with E-state index in [1.165, 1.54) is 6.20 Å². The summed E-state index contributed by atoms with van der Waals surface area (Å²) in [7, 11) is -3.62. The predicted octanol–water partition coefficient (Wildman–Crippen LogP) is 3.31. The molecule has 30 heavy (non-hydrogen) atoms. The van der Waals surface area contributed by atoms with E-state index in [4.69, 9.17) is 10.5 Å². The fourth-order valence-corrected chi connectivity index (χ4v) is 4.03. The topological polar surface area (TPSA) is 116 Å². The van der Waals surface area contributed by atoms with Gasteiger partial charge in [-0.15, -0.1) is 0 Å². The maximum absolute atomic E-state index is 12.6. The van der Waals surface area contributed by atoms with Gasteiger partial charge >= 0.3 is 6.09 Å². The molecule has 0 saturated carbocycles. The number of aromatic nitrogens is 2. The Hall–Kier alpha value is -2.91. The van der Waals surface area contributed by atoms with Crippen molar-refractivity contribution >= 4 is 32.8 Å². The highest BCUT2D eigenvalue weighted by Gasteiger charge is 2.20. The predicted molar refractivity (Wildman–Crippen MR) is 116 cm³/mol. The van der Waals surface area contributed by atoms with E-state index in [0.29, 0.717) is 18.5 Å². The van der Waals surface area contributed by atoms with Crippen LogP contribution in [0.4, 0.5) is 10.7 Å². The highest BCUT2D eigenvalue weighted by Crippen LogP contribution is 2.19. The van der Waals surface area contributed by atoms with Gasteiger partial charge in [0.2, 0.25) is 16.0 Å². The van der Waals surface area contributed by atoms with E-state index in [2.05, 4.69) is 9.71 Å². The van der Waals surface area contributed by atoms with Crippen LogP contribution in [0.25, 0.3) is 10.8 Å². The number of carbonyl (C=O) groups is 1. The van der Waals surface area contributed by atoms with E-state index in [9.17, 15) is 13.2 Å². The summed E-state index contributed by atoms with van der Waals surface area (Å²) in [5.74, 6) is 0.0380. The van der Waals surface area contributed by atoms with Gasteiger partial charge in [-0.1, -0.05) is 30.3 Å². The molecule has 0 atom stereocenters. The molecule has 0 saturated heterocycles. The third-order valence-corrected chi connectivity index (χ3v) is 5.76. The largest absolute Gasteiger partial charge is 0.443 e. The Balaban J connectivity index is 1.57. The first kappa shape index (κ1) is 21.8. The van der Waals surface area contributed by atoms with E-state index >= 15 is 0 Å². The van der Waals surface area contributed by atoms with E-state index < -0.39 is 21.7 Å². The lowest BCUT2D eigenvalue weighted by atomic mass is 10.1. The number of benzene rings is 2. The van der Waals surface area contributed by atoms with Crippen molar-refractivity contribution in [3.8, 4) is 0 Å². The maximum atomic E-state index is 12.6. The van der Waals surface area contributed by atoms with E-state index in [0.717, 1.165) is 15.3 Å². The lowest BCUT2D eigenvalue weighted by molar-refractivity contribution is 0.0540. The molecule has 1 heterocycles. The first-order chi connectivity index (χ1) is 14.0. The molecule has 0 aliphatic heterocycles. The molecule has 0 aliphatic carbocycles. The SMILES string of the molecule is CC(C)(C)OC(=O)n1cc(CCCNS(=O)(=O)c2ccc3ccccc3c2)nc1N. The van der Waals surface area contributed by atoms with Gasteiger partial charge in [0.05, 0.1) is 10.6 Å². The average Bonchev–Trinajstić information content (AvgIpc) is 3.04. The number of nitrogens with zero attached hydrogens (tertiary/aromatic N) is 2. The monoisotopic (exact) mass is 430 g/mol. The van der Waals surface area contributed by atoms with Crippen molar-refractivity contribution in [3.05, 3.63) is 54.4 Å². The molecule has 8 nitrogen and oxygen atoms in total. The number of sulfonamides is 1. The molecule has 0 spiro atoms. The molecule has 0 fully saturated rings. The van der Waals surface area contributed by atoms with Crippen LogP contribution in [0.3, 0.4) is 0 Å². The number of ether oxygens (including phenoxy) is 1. The molecule has 3 aromatic rings. The second-order valence-corrected chi connectivity index (χ2v) is 9.72. The molecule has 160 valence electrons. The quantitative estimate of drug-likeness (QED) is 0.580. The van der Waals surface area contributed by atoms with Crippen LogP contribution in [0.2, 0.25) is 0 Å². The third kappa shape index (κ3) is 5.37. The van der Waals surface area contributed by atoms with Crippen molar-refractivity contribution in [1.29, 1.82) is 0 Å². The van der Waals surface area contributed by atoms with Crippen LogP contribution < -0.4 is 10.5 Å². The van der Waals surface area contributed by atoms with Gasteiger partial charge < -0.3 is 10.5 Å². The molecule has 3 rings (SSSR count). The summed E-state index contributed by atoms with van der Waals surface area (Å²) >= 11 is 0. The Morgan fingerprint density at radius 1 is 1.17 bits per heavy atom. The summed E-state index contributed by atoms with van der Waals surface area (Å²) in [6, 6.07) is 12.6. The number of aryl methyl sites for hydroxylation is 1. The van der Waals surface area contributed by atoms with E-state index in [-0.39, 0.29) is 17.4 Å². The number of hydrogen-bond acceptors (Lipinski definition) is 6. The number of imidazole rings is 1. The number of nitrogen functional groups attached to an aromatic ring is 1. The van der Waals surface area contributed by atoms with E-state index in [1.807, 2.05) is 24.3 Å². The highest BCUT2D eigenvalue weighted by molar-refractivity contribution is 7.89. The summed E-state index contributed by atoms with van der Waals surface area (Å²) in [6.07, 6.45) is 1.87. The second-order valence-electron chi connectivity index (χ2n) is 7.95. The number of fused-ring (bicyclic) bond motifs is 1. The fraction of sp³-hybridized carbons (Fsp3) is 0.333. The minimum absolute atomic E-state index is 0.0380. The zero-order valence-corrected chi connectivity index (χ0v) is 18.1. The molecule has 0 bridgehead atoms. The summed E-state index contributed by atoms with van der Waals surface area (Å²) < 4.78 is 34.1. The van der Waals surface area contributed by atoms with Crippen LogP contribution in [0.5, 0.6) is 0 Å². The van der Waals surface area contributed by atoms with Crippen molar-refractivity contribution in [2.45, 2.75) is 44.1 Å². The molecule has 9 heteroatoms. The second kappa shape index (κ2) is 8.45. The van der Waals surface area contributed by atoms with Gasteiger partial charge in [-0.2, -0.15) is 0 Å². The minimum atomic E-state index is -3.62. The Morgan fingerprint density at radius 2 is 1.87 bits per heavy atom. The Kier molecular flexibility index (Phi) is 6.14. The van der Waals surface area contributed by atoms with Crippen molar-refractivity contribution in [3.63, 3.8) is 0 Å². The summed E-state index contributed by atoms with van der Waals surface area (Å²) in [6.45, 7) is 5.52. The first-order valence-corrected chi connectivity index (χ1v) is 11.1. The zero-order valence-electron chi connectivity index (χ0n) is 17.3. The van der Waals surface area contributed by atoms with Crippen LogP contribution in [-0.4, -0.2) is 36.2 Å². The third-order valence-electron chi connectivity index (χ3n) is 4.31. The molecule has 0 aliphatic rings. The van der Waals surface area contributed by atoms with Gasteiger partial charge in [-0.25, -0.2) is 27.5 Å². The molecule has 1 aromatic heterocycles. The normalized spacial score (nSPS) is 12.2. The zero-order chi connectivity index (χ0) is 21.9. The number of carbonyl (C=O) groups excluding carboxylic acids is 1. The van der Waals surface area contributed by atoms with Crippen LogP contribution >= 0.6 is 0 Å². The van der Waals surface area contributed by atoms with Gasteiger partial charge in [0.15, 0.2) is 0 Å². The Morgan fingerprint density at radius 3 is 2.57 bits per heavy atom. The summed E-state index contributed by atoms with van der Waals surface area (Å²) in [5, 5.41) is 1.85. The van der Waals surface area contributed by atoms with Crippen LogP contribution in [0, 0.1) is 0 Å².